The molecule has 1 aromatic carbocycles. The van der Waals surface area contributed by atoms with Crippen molar-refractivity contribution in [2.45, 2.75) is 13.1 Å². The Kier molecular flexibility index (Phi) is 3.28. The molecule has 0 aliphatic carbocycles. The van der Waals surface area contributed by atoms with Crippen LogP contribution in [0.3, 0.4) is 0 Å². The summed E-state index contributed by atoms with van der Waals surface area (Å²) in [4.78, 5) is 14.3. The van der Waals surface area contributed by atoms with Gasteiger partial charge in [-0.3, -0.25) is 10.1 Å². The van der Waals surface area contributed by atoms with Gasteiger partial charge in [-0.1, -0.05) is 12.1 Å². The fourth-order valence-electron chi connectivity index (χ4n) is 2.22. The van der Waals surface area contributed by atoms with Gasteiger partial charge in [-0.2, -0.15) is 18.3 Å². The van der Waals surface area contributed by atoms with Gasteiger partial charge in [0.15, 0.2) is 11.3 Å². The molecule has 118 valence electrons. The molecular formula is C14H9F3N4O2. The lowest BCUT2D eigenvalue weighted by molar-refractivity contribution is -0.384. The highest BCUT2D eigenvalue weighted by Crippen LogP contribution is 2.32. The Labute approximate surface area is 127 Å². The van der Waals surface area contributed by atoms with Gasteiger partial charge in [-0.25, -0.2) is 9.50 Å². The van der Waals surface area contributed by atoms with Gasteiger partial charge in [0, 0.05) is 23.8 Å². The van der Waals surface area contributed by atoms with Gasteiger partial charge in [-0.05, 0) is 13.0 Å². The largest absolute Gasteiger partial charge is 0.433 e. The van der Waals surface area contributed by atoms with E-state index in [9.17, 15) is 23.3 Å². The number of aromatic nitrogens is 3. The molecule has 0 unspecified atom stereocenters. The van der Waals surface area contributed by atoms with Crippen molar-refractivity contribution in [3.8, 4) is 11.3 Å². The van der Waals surface area contributed by atoms with Gasteiger partial charge >= 0.3 is 6.18 Å². The summed E-state index contributed by atoms with van der Waals surface area (Å²) in [7, 11) is 0. The first-order valence-corrected chi connectivity index (χ1v) is 6.45. The highest BCUT2D eigenvalue weighted by atomic mass is 19.4. The molecule has 0 radical (unpaired) electrons. The normalized spacial score (nSPS) is 11.8. The minimum absolute atomic E-state index is 0.00609. The van der Waals surface area contributed by atoms with Crippen molar-refractivity contribution in [3.05, 3.63) is 57.9 Å². The van der Waals surface area contributed by atoms with Crippen LogP contribution < -0.4 is 0 Å². The summed E-state index contributed by atoms with van der Waals surface area (Å²) in [5.74, 6) is 0. The van der Waals surface area contributed by atoms with E-state index in [0.717, 1.165) is 10.6 Å². The number of aryl methyl sites for hydroxylation is 1. The topological polar surface area (TPSA) is 73.3 Å². The first-order valence-electron chi connectivity index (χ1n) is 6.45. The fourth-order valence-corrected chi connectivity index (χ4v) is 2.22. The molecule has 6 nitrogen and oxygen atoms in total. The van der Waals surface area contributed by atoms with Crippen molar-refractivity contribution in [3.63, 3.8) is 0 Å². The number of halogens is 3. The number of non-ortho nitro benzene ring substituents is 1. The Morgan fingerprint density at radius 2 is 1.96 bits per heavy atom. The van der Waals surface area contributed by atoms with E-state index in [4.69, 9.17) is 0 Å². The van der Waals surface area contributed by atoms with E-state index in [1.54, 1.807) is 6.92 Å². The summed E-state index contributed by atoms with van der Waals surface area (Å²) in [5, 5.41) is 14.6. The van der Waals surface area contributed by atoms with E-state index in [1.807, 2.05) is 0 Å². The van der Waals surface area contributed by atoms with E-state index >= 15 is 0 Å². The molecule has 0 saturated carbocycles. The molecular weight excluding hydrogens is 313 g/mol. The number of nitrogens with zero attached hydrogens (tertiary/aromatic N) is 4. The van der Waals surface area contributed by atoms with Crippen LogP contribution in [0, 0.1) is 17.0 Å². The maximum atomic E-state index is 13.2. The molecule has 23 heavy (non-hydrogen) atoms. The number of rotatable bonds is 2. The predicted octanol–water partition coefficient (Wildman–Crippen LogP) is 3.63. The van der Waals surface area contributed by atoms with Crippen LogP contribution in [-0.2, 0) is 6.18 Å². The molecule has 0 saturated heterocycles. The Morgan fingerprint density at radius 3 is 2.61 bits per heavy atom. The first kappa shape index (κ1) is 14.9. The second kappa shape index (κ2) is 5.04. The first-order chi connectivity index (χ1) is 10.8. The zero-order valence-corrected chi connectivity index (χ0v) is 11.7. The highest BCUT2D eigenvalue weighted by molar-refractivity contribution is 5.65. The van der Waals surface area contributed by atoms with Crippen LogP contribution in [0.1, 0.15) is 11.4 Å². The molecule has 0 amide bonds. The van der Waals surface area contributed by atoms with Gasteiger partial charge in [0.2, 0.25) is 0 Å². The third-order valence-electron chi connectivity index (χ3n) is 3.19. The Bertz CT molecular complexity index is 918. The van der Waals surface area contributed by atoms with Crippen LogP contribution in [0.25, 0.3) is 16.9 Å². The standard InChI is InChI=1S/C14H9F3N4O2/c1-8-5-13-18-11(7-12(14(15,16)17)20(13)19-8)9-3-2-4-10(6-9)21(22)23/h2-7H,1H3. The molecule has 0 N–H and O–H groups in total. The van der Waals surface area contributed by atoms with Crippen LogP contribution >= 0.6 is 0 Å². The molecule has 0 bridgehead atoms. The molecule has 0 atom stereocenters. The van der Waals surface area contributed by atoms with Crippen molar-refractivity contribution in [2.75, 3.05) is 0 Å². The predicted molar refractivity (Wildman–Crippen MR) is 74.8 cm³/mol. The Balaban J connectivity index is 2.26. The highest BCUT2D eigenvalue weighted by Gasteiger charge is 2.35. The molecule has 0 fully saturated rings. The van der Waals surface area contributed by atoms with E-state index in [-0.39, 0.29) is 22.6 Å². The van der Waals surface area contributed by atoms with Crippen molar-refractivity contribution in [1.29, 1.82) is 0 Å². The van der Waals surface area contributed by atoms with Gasteiger partial charge in [0.1, 0.15) is 0 Å². The number of fused-ring (bicyclic) bond motifs is 1. The quantitative estimate of drug-likeness (QED) is 0.533. The summed E-state index contributed by atoms with van der Waals surface area (Å²) in [5.41, 5.74) is -0.572. The number of alkyl halides is 3. The van der Waals surface area contributed by atoms with Crippen molar-refractivity contribution < 1.29 is 18.1 Å². The van der Waals surface area contributed by atoms with E-state index in [2.05, 4.69) is 10.1 Å². The van der Waals surface area contributed by atoms with Crippen LogP contribution in [-0.4, -0.2) is 19.5 Å². The van der Waals surface area contributed by atoms with E-state index in [1.165, 1.54) is 30.3 Å². The minimum Gasteiger partial charge on any atom is -0.258 e. The summed E-state index contributed by atoms with van der Waals surface area (Å²) in [6.07, 6.45) is -4.63. The number of nitro benzene ring substituents is 1. The lowest BCUT2D eigenvalue weighted by Crippen LogP contribution is -2.13. The Hall–Kier alpha value is -2.97. The van der Waals surface area contributed by atoms with Crippen molar-refractivity contribution >= 4 is 11.3 Å². The Morgan fingerprint density at radius 1 is 1.22 bits per heavy atom. The van der Waals surface area contributed by atoms with E-state index in [0.29, 0.717) is 5.69 Å². The van der Waals surface area contributed by atoms with Gasteiger partial charge in [0.25, 0.3) is 5.69 Å². The number of hydrogen-bond donors (Lipinski definition) is 0. The summed E-state index contributed by atoms with van der Waals surface area (Å²) in [6, 6.07) is 7.55. The maximum absolute atomic E-state index is 13.2. The lowest BCUT2D eigenvalue weighted by Gasteiger charge is -2.11. The summed E-state index contributed by atoms with van der Waals surface area (Å²) >= 11 is 0. The van der Waals surface area contributed by atoms with Gasteiger partial charge in [-0.15, -0.1) is 0 Å². The van der Waals surface area contributed by atoms with Crippen LogP contribution in [0.15, 0.2) is 36.4 Å². The second-order valence-corrected chi connectivity index (χ2v) is 4.89. The molecule has 0 aliphatic heterocycles. The third kappa shape index (κ3) is 2.72. The lowest BCUT2D eigenvalue weighted by atomic mass is 10.1. The number of nitro groups is 1. The van der Waals surface area contributed by atoms with Gasteiger partial charge in [0.05, 0.1) is 16.3 Å². The second-order valence-electron chi connectivity index (χ2n) is 4.89. The molecule has 0 aliphatic rings. The summed E-state index contributed by atoms with van der Waals surface area (Å²) < 4.78 is 40.4. The van der Waals surface area contributed by atoms with E-state index < -0.39 is 16.8 Å². The van der Waals surface area contributed by atoms with Crippen LogP contribution in [0.2, 0.25) is 0 Å². The number of hydrogen-bond acceptors (Lipinski definition) is 4. The molecule has 0 spiro atoms. The fraction of sp³-hybridized carbons (Fsp3) is 0.143. The number of benzene rings is 1. The average molecular weight is 322 g/mol. The average Bonchev–Trinajstić information content (AvgIpc) is 2.85. The summed E-state index contributed by atoms with van der Waals surface area (Å²) in [6.45, 7) is 1.56. The zero-order chi connectivity index (χ0) is 16.8. The third-order valence-corrected chi connectivity index (χ3v) is 3.19. The minimum atomic E-state index is -4.63. The van der Waals surface area contributed by atoms with Crippen LogP contribution in [0.5, 0.6) is 0 Å². The van der Waals surface area contributed by atoms with Crippen LogP contribution in [0.4, 0.5) is 18.9 Å². The molecule has 3 aromatic rings. The zero-order valence-electron chi connectivity index (χ0n) is 11.7. The molecule has 2 aromatic heterocycles. The smallest absolute Gasteiger partial charge is 0.258 e. The van der Waals surface area contributed by atoms with Gasteiger partial charge < -0.3 is 0 Å². The maximum Gasteiger partial charge on any atom is 0.433 e. The van der Waals surface area contributed by atoms with Crippen molar-refractivity contribution in [2.24, 2.45) is 0 Å². The monoisotopic (exact) mass is 322 g/mol. The molecule has 2 heterocycles. The molecule has 3 rings (SSSR count). The SMILES string of the molecule is Cc1cc2nc(-c3cccc([N+](=O)[O-])c3)cc(C(F)(F)F)n2n1. The molecule has 9 heteroatoms. The van der Waals surface area contributed by atoms with Crippen molar-refractivity contribution in [1.82, 2.24) is 14.6 Å².